The molecule has 140 valence electrons. The first-order valence-corrected chi connectivity index (χ1v) is 9.19. The monoisotopic (exact) mass is 382 g/mol. The van der Waals surface area contributed by atoms with Gasteiger partial charge in [-0.15, -0.1) is 0 Å². The molecule has 0 spiro atoms. The molecule has 2 aromatic heterocycles. The molecular formula is C18H21F3N4S. The summed E-state index contributed by atoms with van der Waals surface area (Å²) in [4.78, 5) is 6.74. The first kappa shape index (κ1) is 18.8. The van der Waals surface area contributed by atoms with E-state index in [-0.39, 0.29) is 11.8 Å². The number of aromatic nitrogens is 4. The summed E-state index contributed by atoms with van der Waals surface area (Å²) < 4.78 is 39.5. The van der Waals surface area contributed by atoms with Crippen molar-refractivity contribution in [3.8, 4) is 0 Å². The van der Waals surface area contributed by atoms with Gasteiger partial charge in [0.15, 0.2) is 0 Å². The zero-order chi connectivity index (χ0) is 18.9. The molecule has 1 aromatic carbocycles. The number of nitrogens with one attached hydrogen (secondary N) is 1. The topological polar surface area (TPSA) is 46.5 Å². The van der Waals surface area contributed by atoms with E-state index in [4.69, 9.17) is 4.98 Å². The van der Waals surface area contributed by atoms with Crippen LogP contribution < -0.4 is 0 Å². The molecule has 0 radical (unpaired) electrons. The lowest BCUT2D eigenvalue weighted by molar-refractivity contribution is -0.135. The third-order valence-electron chi connectivity index (χ3n) is 3.94. The van der Waals surface area contributed by atoms with E-state index in [0.717, 1.165) is 26.6 Å². The molecule has 0 unspecified atom stereocenters. The van der Waals surface area contributed by atoms with E-state index >= 15 is 0 Å². The molecular weight excluding hydrogens is 361 g/mol. The van der Waals surface area contributed by atoms with Gasteiger partial charge >= 0.3 is 6.18 Å². The van der Waals surface area contributed by atoms with Gasteiger partial charge in [0, 0.05) is 34.4 Å². The van der Waals surface area contributed by atoms with E-state index < -0.39 is 12.6 Å². The molecule has 0 bridgehead atoms. The summed E-state index contributed by atoms with van der Waals surface area (Å²) in [6.07, 6.45) is -1.32. The molecule has 0 aliphatic heterocycles. The molecule has 4 nitrogen and oxygen atoms in total. The van der Waals surface area contributed by atoms with Crippen LogP contribution in [0.3, 0.4) is 0 Å². The van der Waals surface area contributed by atoms with E-state index in [9.17, 15) is 13.2 Å². The Bertz CT molecular complexity index is 876. The Labute approximate surface area is 154 Å². The summed E-state index contributed by atoms with van der Waals surface area (Å²) >= 11 is 1.56. The molecule has 3 rings (SSSR count). The van der Waals surface area contributed by atoms with Crippen molar-refractivity contribution in [3.63, 3.8) is 0 Å². The highest BCUT2D eigenvalue weighted by atomic mass is 32.2. The van der Waals surface area contributed by atoms with Crippen LogP contribution in [-0.4, -0.2) is 25.9 Å². The van der Waals surface area contributed by atoms with Crippen molar-refractivity contribution < 1.29 is 13.2 Å². The molecule has 2 heterocycles. The number of imidazole rings is 1. The summed E-state index contributed by atoms with van der Waals surface area (Å²) in [7, 11) is 0. The molecule has 3 aromatic rings. The average molecular weight is 382 g/mol. The minimum atomic E-state index is -4.13. The van der Waals surface area contributed by atoms with Gasteiger partial charge in [-0.2, -0.15) is 18.3 Å². The van der Waals surface area contributed by atoms with Gasteiger partial charge in [-0.1, -0.05) is 32.5 Å². The van der Waals surface area contributed by atoms with Crippen LogP contribution >= 0.6 is 11.8 Å². The molecule has 8 heteroatoms. The summed E-state index contributed by atoms with van der Waals surface area (Å²) in [6, 6.07) is 5.88. The molecule has 0 fully saturated rings. The van der Waals surface area contributed by atoms with Gasteiger partial charge in [-0.3, -0.25) is 5.10 Å². The Morgan fingerprint density at radius 1 is 1.15 bits per heavy atom. The molecule has 0 aliphatic rings. The summed E-state index contributed by atoms with van der Waals surface area (Å²) in [5.74, 6) is 0.806. The fourth-order valence-electron chi connectivity index (χ4n) is 2.84. The van der Waals surface area contributed by atoms with Gasteiger partial charge in [0.25, 0.3) is 0 Å². The number of H-pyrrole nitrogens is 1. The minimum Gasteiger partial charge on any atom is -0.328 e. The predicted molar refractivity (Wildman–Crippen MR) is 96.4 cm³/mol. The number of hydrogen-bond acceptors (Lipinski definition) is 3. The largest absolute Gasteiger partial charge is 0.389 e. The third kappa shape index (κ3) is 4.41. The van der Waals surface area contributed by atoms with E-state index in [1.807, 2.05) is 49.7 Å². The van der Waals surface area contributed by atoms with Crippen molar-refractivity contribution in [1.82, 2.24) is 19.7 Å². The highest BCUT2D eigenvalue weighted by Crippen LogP contribution is 2.32. The number of rotatable bonds is 5. The number of benzene rings is 1. The van der Waals surface area contributed by atoms with Crippen LogP contribution in [0.5, 0.6) is 0 Å². The second-order valence-electron chi connectivity index (χ2n) is 7.24. The zero-order valence-electron chi connectivity index (χ0n) is 14.9. The van der Waals surface area contributed by atoms with Crippen LogP contribution in [0.1, 0.15) is 39.4 Å². The van der Waals surface area contributed by atoms with Gasteiger partial charge in [0.05, 0.1) is 17.2 Å². The Hall–Kier alpha value is -1.96. The number of halogens is 3. The number of nitrogens with zero attached hydrogens (tertiary/aromatic N) is 3. The Morgan fingerprint density at radius 3 is 2.54 bits per heavy atom. The second kappa shape index (κ2) is 6.98. The maximum Gasteiger partial charge on any atom is 0.389 e. The van der Waals surface area contributed by atoms with Crippen molar-refractivity contribution in [2.45, 2.75) is 61.5 Å². The standard InChI is InChI=1S/C18H21F3N4S/c1-17(2,3)16-24-14-9-12(26-13-10-22-23-11-13)5-6-15(14)25(16)8-4-7-18(19,20)21/h5-6,9-11H,4,7-8H2,1-3H3,(H,22,23). The quantitative estimate of drug-likeness (QED) is 0.629. The summed E-state index contributed by atoms with van der Waals surface area (Å²) in [5, 5.41) is 6.70. The van der Waals surface area contributed by atoms with Crippen LogP contribution in [-0.2, 0) is 12.0 Å². The molecule has 1 N–H and O–H groups in total. The maximum absolute atomic E-state index is 12.5. The highest BCUT2D eigenvalue weighted by Gasteiger charge is 2.28. The first-order valence-electron chi connectivity index (χ1n) is 8.38. The van der Waals surface area contributed by atoms with Gasteiger partial charge in [-0.25, -0.2) is 4.98 Å². The van der Waals surface area contributed by atoms with Crippen molar-refractivity contribution >= 4 is 22.8 Å². The van der Waals surface area contributed by atoms with Crippen molar-refractivity contribution in [2.24, 2.45) is 0 Å². The molecule has 0 atom stereocenters. The number of aryl methyl sites for hydroxylation is 1. The lowest BCUT2D eigenvalue weighted by atomic mass is 9.95. The summed E-state index contributed by atoms with van der Waals surface area (Å²) in [6.45, 7) is 6.37. The average Bonchev–Trinajstić information content (AvgIpc) is 3.13. The number of fused-ring (bicyclic) bond motifs is 1. The van der Waals surface area contributed by atoms with E-state index in [0.29, 0.717) is 6.54 Å². The number of aromatic amines is 1. The van der Waals surface area contributed by atoms with Crippen molar-refractivity contribution in [3.05, 3.63) is 36.4 Å². The molecule has 0 aliphatic carbocycles. The van der Waals surface area contributed by atoms with Crippen LogP contribution in [0.25, 0.3) is 11.0 Å². The SMILES string of the molecule is CC(C)(C)c1nc2cc(Sc3cn[nH]c3)ccc2n1CCCC(F)(F)F. The Morgan fingerprint density at radius 2 is 1.92 bits per heavy atom. The van der Waals surface area contributed by atoms with Crippen LogP contribution in [0, 0.1) is 0 Å². The van der Waals surface area contributed by atoms with Gasteiger partial charge in [-0.05, 0) is 24.6 Å². The van der Waals surface area contributed by atoms with E-state index in [2.05, 4.69) is 10.2 Å². The van der Waals surface area contributed by atoms with Crippen molar-refractivity contribution in [2.75, 3.05) is 0 Å². The van der Waals surface area contributed by atoms with Gasteiger partial charge < -0.3 is 4.57 Å². The lowest BCUT2D eigenvalue weighted by Gasteiger charge is -2.20. The zero-order valence-corrected chi connectivity index (χ0v) is 15.7. The first-order chi connectivity index (χ1) is 12.1. The van der Waals surface area contributed by atoms with Gasteiger partial charge in [0.2, 0.25) is 0 Å². The molecule has 26 heavy (non-hydrogen) atoms. The second-order valence-corrected chi connectivity index (χ2v) is 8.39. The van der Waals surface area contributed by atoms with Crippen LogP contribution in [0.2, 0.25) is 0 Å². The molecule has 0 saturated carbocycles. The summed E-state index contributed by atoms with van der Waals surface area (Å²) in [5.41, 5.74) is 1.42. The molecule has 0 amide bonds. The van der Waals surface area contributed by atoms with Crippen LogP contribution in [0.4, 0.5) is 13.2 Å². The fourth-order valence-corrected chi connectivity index (χ4v) is 3.64. The maximum atomic E-state index is 12.5. The molecule has 0 saturated heterocycles. The van der Waals surface area contributed by atoms with Gasteiger partial charge in [0.1, 0.15) is 5.82 Å². The third-order valence-corrected chi connectivity index (χ3v) is 4.89. The van der Waals surface area contributed by atoms with E-state index in [1.54, 1.807) is 18.0 Å². The van der Waals surface area contributed by atoms with Crippen LogP contribution in [0.15, 0.2) is 40.4 Å². The highest BCUT2D eigenvalue weighted by molar-refractivity contribution is 7.99. The smallest absolute Gasteiger partial charge is 0.328 e. The Kier molecular flexibility index (Phi) is 5.05. The number of hydrogen-bond donors (Lipinski definition) is 1. The van der Waals surface area contributed by atoms with E-state index in [1.165, 1.54) is 0 Å². The lowest BCUT2D eigenvalue weighted by Crippen LogP contribution is -2.20. The Balaban J connectivity index is 1.93. The number of alkyl halides is 3. The van der Waals surface area contributed by atoms with Crippen molar-refractivity contribution in [1.29, 1.82) is 0 Å². The predicted octanol–water partition coefficient (Wildman–Crippen LogP) is 5.55. The fraction of sp³-hybridized carbons (Fsp3) is 0.444. The minimum absolute atomic E-state index is 0.0452. The normalized spacial score (nSPS) is 12.8.